The zero-order valence-electron chi connectivity index (χ0n) is 8.98. The molecule has 0 spiro atoms. The SMILES string of the molecule is C1CCC2=C(CC1)CSCCCNC2. The van der Waals surface area contributed by atoms with E-state index < -0.39 is 0 Å². The molecule has 14 heavy (non-hydrogen) atoms. The molecule has 1 aliphatic carbocycles. The van der Waals surface area contributed by atoms with Crippen LogP contribution in [-0.4, -0.2) is 24.6 Å². The Labute approximate surface area is 91.7 Å². The van der Waals surface area contributed by atoms with E-state index in [1.807, 2.05) is 0 Å². The highest BCUT2D eigenvalue weighted by Crippen LogP contribution is 2.26. The molecule has 0 radical (unpaired) electrons. The molecule has 1 heterocycles. The van der Waals surface area contributed by atoms with E-state index in [0.29, 0.717) is 0 Å². The second-order valence-electron chi connectivity index (χ2n) is 4.35. The predicted octanol–water partition coefficient (Wildman–Crippen LogP) is 2.97. The minimum atomic E-state index is 1.18. The summed E-state index contributed by atoms with van der Waals surface area (Å²) >= 11 is 2.14. The van der Waals surface area contributed by atoms with Crippen molar-refractivity contribution in [2.45, 2.75) is 38.5 Å². The van der Waals surface area contributed by atoms with Gasteiger partial charge in [-0.05, 0) is 44.4 Å². The zero-order chi connectivity index (χ0) is 9.64. The molecule has 0 aromatic rings. The third kappa shape index (κ3) is 3.03. The van der Waals surface area contributed by atoms with Crippen LogP contribution >= 0.6 is 11.8 Å². The lowest BCUT2D eigenvalue weighted by atomic mass is 10.1. The van der Waals surface area contributed by atoms with Gasteiger partial charge < -0.3 is 5.32 Å². The molecular weight excluding hydrogens is 190 g/mol. The van der Waals surface area contributed by atoms with Crippen molar-refractivity contribution in [3.05, 3.63) is 11.1 Å². The molecule has 0 saturated heterocycles. The van der Waals surface area contributed by atoms with Crippen molar-refractivity contribution < 1.29 is 0 Å². The van der Waals surface area contributed by atoms with Gasteiger partial charge in [0.15, 0.2) is 0 Å². The first-order valence-electron chi connectivity index (χ1n) is 5.95. The molecule has 1 nitrogen and oxygen atoms in total. The highest BCUT2D eigenvalue weighted by Gasteiger charge is 2.12. The van der Waals surface area contributed by atoms with Crippen molar-refractivity contribution in [3.63, 3.8) is 0 Å². The molecule has 2 heteroatoms. The van der Waals surface area contributed by atoms with Gasteiger partial charge in [0.05, 0.1) is 0 Å². The maximum absolute atomic E-state index is 3.58. The van der Waals surface area contributed by atoms with Crippen molar-refractivity contribution >= 4 is 11.8 Å². The van der Waals surface area contributed by atoms with E-state index in [1.54, 1.807) is 11.1 Å². The highest BCUT2D eigenvalue weighted by atomic mass is 32.2. The topological polar surface area (TPSA) is 12.0 Å². The summed E-state index contributed by atoms with van der Waals surface area (Å²) in [5.41, 5.74) is 3.53. The Morgan fingerprint density at radius 2 is 1.79 bits per heavy atom. The fourth-order valence-electron chi connectivity index (χ4n) is 2.33. The van der Waals surface area contributed by atoms with Gasteiger partial charge in [0.2, 0.25) is 0 Å². The second kappa shape index (κ2) is 5.82. The van der Waals surface area contributed by atoms with Gasteiger partial charge in [-0.15, -0.1) is 0 Å². The number of hydrogen-bond donors (Lipinski definition) is 1. The molecule has 2 rings (SSSR count). The first kappa shape index (κ1) is 10.6. The number of nitrogens with one attached hydrogen (secondary N) is 1. The zero-order valence-corrected chi connectivity index (χ0v) is 9.80. The van der Waals surface area contributed by atoms with Crippen LogP contribution in [0.2, 0.25) is 0 Å². The Kier molecular flexibility index (Phi) is 4.39. The monoisotopic (exact) mass is 211 g/mol. The summed E-state index contributed by atoms with van der Waals surface area (Å²) in [6, 6.07) is 0. The maximum Gasteiger partial charge on any atom is 0.0167 e. The first-order valence-corrected chi connectivity index (χ1v) is 7.10. The fraction of sp³-hybridized carbons (Fsp3) is 0.833. The van der Waals surface area contributed by atoms with Crippen LogP contribution in [0.4, 0.5) is 0 Å². The molecule has 80 valence electrons. The van der Waals surface area contributed by atoms with Gasteiger partial charge in [-0.1, -0.05) is 17.6 Å². The quantitative estimate of drug-likeness (QED) is 0.618. The van der Waals surface area contributed by atoms with Crippen molar-refractivity contribution in [1.82, 2.24) is 5.32 Å². The van der Waals surface area contributed by atoms with Gasteiger partial charge in [-0.3, -0.25) is 0 Å². The van der Waals surface area contributed by atoms with Crippen molar-refractivity contribution in [2.24, 2.45) is 0 Å². The fourth-order valence-corrected chi connectivity index (χ4v) is 3.42. The Morgan fingerprint density at radius 1 is 0.929 bits per heavy atom. The molecule has 0 aromatic heterocycles. The van der Waals surface area contributed by atoms with Crippen molar-refractivity contribution in [3.8, 4) is 0 Å². The van der Waals surface area contributed by atoms with Gasteiger partial charge in [0.1, 0.15) is 0 Å². The lowest BCUT2D eigenvalue weighted by molar-refractivity contribution is 0.675. The van der Waals surface area contributed by atoms with Crippen LogP contribution in [0.15, 0.2) is 11.1 Å². The van der Waals surface area contributed by atoms with E-state index in [0.717, 1.165) is 0 Å². The number of thioether (sulfide) groups is 1. The predicted molar refractivity (Wildman–Crippen MR) is 64.9 cm³/mol. The summed E-state index contributed by atoms with van der Waals surface area (Å²) in [5, 5.41) is 3.58. The minimum absolute atomic E-state index is 1.18. The Bertz CT molecular complexity index is 190. The molecule has 0 bridgehead atoms. The molecule has 1 aliphatic heterocycles. The van der Waals surface area contributed by atoms with Crippen molar-refractivity contribution in [1.29, 1.82) is 0 Å². The molecule has 1 N–H and O–H groups in total. The van der Waals surface area contributed by atoms with Crippen LogP contribution in [0.5, 0.6) is 0 Å². The normalized spacial score (nSPS) is 25.7. The largest absolute Gasteiger partial charge is 0.313 e. The standard InChI is InChI=1S/C12H21NS/c1-2-5-11-9-13-7-4-8-14-10-12(11)6-3-1/h13H,1-10H2. The van der Waals surface area contributed by atoms with Gasteiger partial charge in [-0.25, -0.2) is 0 Å². The molecule has 0 atom stereocenters. The second-order valence-corrected chi connectivity index (χ2v) is 5.46. The molecule has 0 saturated carbocycles. The van der Waals surface area contributed by atoms with E-state index >= 15 is 0 Å². The van der Waals surface area contributed by atoms with Crippen LogP contribution in [0.3, 0.4) is 0 Å². The van der Waals surface area contributed by atoms with E-state index in [4.69, 9.17) is 0 Å². The van der Waals surface area contributed by atoms with Gasteiger partial charge >= 0.3 is 0 Å². The smallest absolute Gasteiger partial charge is 0.0167 e. The van der Waals surface area contributed by atoms with Crippen LogP contribution in [0, 0.1) is 0 Å². The molecule has 0 fully saturated rings. The molecular formula is C12H21NS. The average molecular weight is 211 g/mol. The van der Waals surface area contributed by atoms with Crippen LogP contribution in [0.1, 0.15) is 38.5 Å². The molecule has 2 aliphatic rings. The molecule has 0 unspecified atom stereocenters. The van der Waals surface area contributed by atoms with E-state index in [2.05, 4.69) is 17.1 Å². The summed E-state index contributed by atoms with van der Waals surface area (Å²) in [6.07, 6.45) is 8.38. The number of rotatable bonds is 0. The summed E-state index contributed by atoms with van der Waals surface area (Å²) in [4.78, 5) is 0. The Morgan fingerprint density at radius 3 is 2.71 bits per heavy atom. The lowest BCUT2D eigenvalue weighted by Crippen LogP contribution is -2.19. The first-order chi connectivity index (χ1) is 6.97. The summed E-state index contributed by atoms with van der Waals surface area (Å²) in [7, 11) is 0. The maximum atomic E-state index is 3.58. The van der Waals surface area contributed by atoms with Crippen LogP contribution in [-0.2, 0) is 0 Å². The molecule has 0 amide bonds. The van der Waals surface area contributed by atoms with E-state index in [9.17, 15) is 0 Å². The van der Waals surface area contributed by atoms with Gasteiger partial charge in [-0.2, -0.15) is 11.8 Å². The summed E-state index contributed by atoms with van der Waals surface area (Å²) in [6.45, 7) is 2.39. The average Bonchev–Trinajstić information content (AvgIpc) is 2.35. The lowest BCUT2D eigenvalue weighted by Gasteiger charge is -2.11. The van der Waals surface area contributed by atoms with Crippen LogP contribution < -0.4 is 5.32 Å². The minimum Gasteiger partial charge on any atom is -0.313 e. The van der Waals surface area contributed by atoms with E-state index in [1.165, 1.54) is 63.1 Å². The van der Waals surface area contributed by atoms with Gasteiger partial charge in [0.25, 0.3) is 0 Å². The number of hydrogen-bond acceptors (Lipinski definition) is 2. The Balaban J connectivity index is 2.03. The summed E-state index contributed by atoms with van der Waals surface area (Å²) < 4.78 is 0. The van der Waals surface area contributed by atoms with Crippen molar-refractivity contribution in [2.75, 3.05) is 24.6 Å². The third-order valence-corrected chi connectivity index (χ3v) is 4.34. The summed E-state index contributed by atoms with van der Waals surface area (Å²) in [5.74, 6) is 2.65. The Hall–Kier alpha value is 0.0500. The van der Waals surface area contributed by atoms with Gasteiger partial charge in [0, 0.05) is 12.3 Å². The highest BCUT2D eigenvalue weighted by molar-refractivity contribution is 7.99. The van der Waals surface area contributed by atoms with Crippen LogP contribution in [0.25, 0.3) is 0 Å². The van der Waals surface area contributed by atoms with E-state index in [-0.39, 0.29) is 0 Å². The molecule has 0 aromatic carbocycles. The third-order valence-electron chi connectivity index (χ3n) is 3.21.